The topological polar surface area (TPSA) is 43.4 Å². The molecule has 0 saturated heterocycles. The molecule has 1 aromatic rings. The van der Waals surface area contributed by atoms with Gasteiger partial charge in [0.25, 0.3) is 0 Å². The highest BCUT2D eigenvalue weighted by atomic mass is 16.5. The van der Waals surface area contributed by atoms with Crippen LogP contribution in [0.3, 0.4) is 0 Å². The zero-order valence-corrected chi connectivity index (χ0v) is 11.0. The summed E-state index contributed by atoms with van der Waals surface area (Å²) in [4.78, 5) is 22.8. The molecule has 0 aliphatic rings. The molecule has 0 radical (unpaired) electrons. The summed E-state index contributed by atoms with van der Waals surface area (Å²) in [5, 5.41) is 0. The van der Waals surface area contributed by atoms with Gasteiger partial charge in [0.2, 0.25) is 0 Å². The van der Waals surface area contributed by atoms with Crippen molar-refractivity contribution in [3.63, 3.8) is 0 Å². The third kappa shape index (κ3) is 3.42. The molecule has 0 spiro atoms. The van der Waals surface area contributed by atoms with Crippen LogP contribution >= 0.6 is 0 Å². The molecule has 3 nitrogen and oxygen atoms in total. The fourth-order valence-corrected chi connectivity index (χ4v) is 1.95. The molecule has 0 N–H and O–H groups in total. The minimum absolute atomic E-state index is 0.230. The second-order valence-corrected chi connectivity index (χ2v) is 4.42. The van der Waals surface area contributed by atoms with E-state index in [2.05, 4.69) is 0 Å². The van der Waals surface area contributed by atoms with E-state index in [-0.39, 0.29) is 19.0 Å². The number of carbonyl (C=O) groups excluding carboxylic acids is 2. The van der Waals surface area contributed by atoms with Crippen molar-refractivity contribution in [2.75, 3.05) is 0 Å². The van der Waals surface area contributed by atoms with Crippen LogP contribution in [0.15, 0.2) is 30.3 Å². The van der Waals surface area contributed by atoms with Crippen LogP contribution in [-0.4, -0.2) is 12.3 Å². The number of ether oxygens (including phenoxy) is 1. The molecular formula is C15H20O3. The number of aldehydes is 1. The van der Waals surface area contributed by atoms with Gasteiger partial charge in [0, 0.05) is 6.42 Å². The quantitative estimate of drug-likeness (QED) is 0.550. The molecule has 1 aromatic carbocycles. The first-order valence-corrected chi connectivity index (χ1v) is 6.33. The average Bonchev–Trinajstić information content (AvgIpc) is 2.43. The van der Waals surface area contributed by atoms with E-state index >= 15 is 0 Å². The average molecular weight is 248 g/mol. The first kappa shape index (κ1) is 14.4. The van der Waals surface area contributed by atoms with E-state index in [0.29, 0.717) is 12.8 Å². The van der Waals surface area contributed by atoms with Crippen molar-refractivity contribution >= 4 is 12.3 Å². The van der Waals surface area contributed by atoms with Gasteiger partial charge in [-0.25, -0.2) is 0 Å². The maximum atomic E-state index is 12.1. The minimum atomic E-state index is -0.656. The van der Waals surface area contributed by atoms with Gasteiger partial charge < -0.3 is 9.53 Å². The summed E-state index contributed by atoms with van der Waals surface area (Å²) in [5.41, 5.74) is 0.300. The molecule has 0 heterocycles. The Balaban J connectivity index is 2.65. The van der Waals surface area contributed by atoms with Crippen LogP contribution in [0.25, 0.3) is 0 Å². The number of benzene rings is 1. The highest BCUT2D eigenvalue weighted by Gasteiger charge is 2.36. The van der Waals surface area contributed by atoms with Crippen molar-refractivity contribution in [3.05, 3.63) is 35.9 Å². The van der Waals surface area contributed by atoms with Gasteiger partial charge in [-0.3, -0.25) is 4.79 Å². The summed E-state index contributed by atoms with van der Waals surface area (Å²) in [6, 6.07) is 9.54. The fourth-order valence-electron chi connectivity index (χ4n) is 1.95. The maximum absolute atomic E-state index is 12.1. The van der Waals surface area contributed by atoms with Crippen molar-refractivity contribution < 1.29 is 14.3 Å². The summed E-state index contributed by atoms with van der Waals surface area (Å²) in [6.07, 6.45) is 2.27. The molecule has 0 fully saturated rings. The Morgan fingerprint density at radius 2 is 1.83 bits per heavy atom. The summed E-state index contributed by atoms with van der Waals surface area (Å²) < 4.78 is 5.33. The lowest BCUT2D eigenvalue weighted by molar-refractivity contribution is -0.159. The van der Waals surface area contributed by atoms with E-state index in [9.17, 15) is 9.59 Å². The Bertz CT molecular complexity index is 380. The number of carbonyl (C=O) groups is 2. The Kier molecular flexibility index (Phi) is 5.56. The highest BCUT2D eigenvalue weighted by Crippen LogP contribution is 2.31. The molecular weight excluding hydrogens is 228 g/mol. The predicted octanol–water partition coefficient (Wildman–Crippen LogP) is 3.13. The Morgan fingerprint density at radius 3 is 2.33 bits per heavy atom. The molecule has 0 bridgehead atoms. The van der Waals surface area contributed by atoms with Crippen LogP contribution in [0.4, 0.5) is 0 Å². The van der Waals surface area contributed by atoms with E-state index in [1.54, 1.807) is 0 Å². The molecule has 0 amide bonds. The summed E-state index contributed by atoms with van der Waals surface area (Å²) >= 11 is 0. The first-order chi connectivity index (χ1) is 8.68. The van der Waals surface area contributed by atoms with E-state index in [0.717, 1.165) is 11.8 Å². The molecule has 1 rings (SSSR count). The maximum Gasteiger partial charge on any atom is 0.312 e. The molecule has 0 aliphatic heterocycles. The van der Waals surface area contributed by atoms with Crippen molar-refractivity contribution in [1.29, 1.82) is 0 Å². The Labute approximate surface area is 108 Å². The van der Waals surface area contributed by atoms with Crippen LogP contribution in [0.5, 0.6) is 0 Å². The highest BCUT2D eigenvalue weighted by molar-refractivity contribution is 5.79. The van der Waals surface area contributed by atoms with Crippen molar-refractivity contribution in [2.45, 2.75) is 39.7 Å². The number of esters is 1. The number of hydrogen-bond donors (Lipinski definition) is 0. The standard InChI is InChI=1S/C15H20O3/c1-3-15(4-2,10-11-16)14(17)18-12-13-8-6-5-7-9-13/h5-9,11H,3-4,10,12H2,1-2H3. The van der Waals surface area contributed by atoms with E-state index in [1.807, 2.05) is 44.2 Å². The number of rotatable bonds is 7. The van der Waals surface area contributed by atoms with Crippen molar-refractivity contribution in [1.82, 2.24) is 0 Å². The lowest BCUT2D eigenvalue weighted by Gasteiger charge is -2.26. The molecule has 0 unspecified atom stereocenters. The summed E-state index contributed by atoms with van der Waals surface area (Å²) in [6.45, 7) is 4.09. The van der Waals surface area contributed by atoms with Gasteiger partial charge in [0.05, 0.1) is 5.41 Å². The van der Waals surface area contributed by atoms with Gasteiger partial charge >= 0.3 is 5.97 Å². The summed E-state index contributed by atoms with van der Waals surface area (Å²) in [7, 11) is 0. The van der Waals surface area contributed by atoms with Crippen LogP contribution in [-0.2, 0) is 20.9 Å². The van der Waals surface area contributed by atoms with Gasteiger partial charge in [-0.1, -0.05) is 44.2 Å². The van der Waals surface area contributed by atoms with Crippen LogP contribution in [0.2, 0.25) is 0 Å². The first-order valence-electron chi connectivity index (χ1n) is 6.33. The SMILES string of the molecule is CCC(CC)(CC=O)C(=O)OCc1ccccc1. The molecule has 0 aliphatic carbocycles. The largest absolute Gasteiger partial charge is 0.460 e. The third-order valence-electron chi connectivity index (χ3n) is 3.47. The van der Waals surface area contributed by atoms with E-state index in [1.165, 1.54) is 0 Å². The second kappa shape index (κ2) is 6.94. The molecule has 18 heavy (non-hydrogen) atoms. The normalized spacial score (nSPS) is 11.0. The van der Waals surface area contributed by atoms with Crippen LogP contribution in [0, 0.1) is 5.41 Å². The van der Waals surface area contributed by atoms with Gasteiger partial charge in [-0.05, 0) is 18.4 Å². The molecule has 98 valence electrons. The van der Waals surface area contributed by atoms with Crippen molar-refractivity contribution in [2.24, 2.45) is 5.41 Å². The molecule has 0 saturated carbocycles. The van der Waals surface area contributed by atoms with Gasteiger partial charge in [0.1, 0.15) is 12.9 Å². The smallest absolute Gasteiger partial charge is 0.312 e. The van der Waals surface area contributed by atoms with E-state index in [4.69, 9.17) is 4.74 Å². The van der Waals surface area contributed by atoms with E-state index < -0.39 is 5.41 Å². The third-order valence-corrected chi connectivity index (χ3v) is 3.47. The molecule has 3 heteroatoms. The van der Waals surface area contributed by atoms with Crippen LogP contribution in [0.1, 0.15) is 38.7 Å². The zero-order chi connectivity index (χ0) is 13.4. The molecule has 0 aromatic heterocycles. The Morgan fingerprint density at radius 1 is 1.22 bits per heavy atom. The molecule has 0 atom stereocenters. The van der Waals surface area contributed by atoms with Crippen LogP contribution < -0.4 is 0 Å². The lowest BCUT2D eigenvalue weighted by Crippen LogP contribution is -2.32. The van der Waals surface area contributed by atoms with Gasteiger partial charge in [-0.15, -0.1) is 0 Å². The van der Waals surface area contributed by atoms with Gasteiger partial charge in [-0.2, -0.15) is 0 Å². The fraction of sp³-hybridized carbons (Fsp3) is 0.467. The second-order valence-electron chi connectivity index (χ2n) is 4.42. The van der Waals surface area contributed by atoms with Crippen molar-refractivity contribution in [3.8, 4) is 0 Å². The summed E-state index contributed by atoms with van der Waals surface area (Å²) in [5.74, 6) is -0.275. The predicted molar refractivity (Wildman–Crippen MR) is 69.9 cm³/mol. The minimum Gasteiger partial charge on any atom is -0.460 e. The lowest BCUT2D eigenvalue weighted by atomic mass is 9.80. The van der Waals surface area contributed by atoms with Gasteiger partial charge in [0.15, 0.2) is 0 Å². The number of hydrogen-bond acceptors (Lipinski definition) is 3. The Hall–Kier alpha value is -1.64. The zero-order valence-electron chi connectivity index (χ0n) is 11.0. The monoisotopic (exact) mass is 248 g/mol.